The van der Waals surface area contributed by atoms with Crippen LogP contribution in [0.25, 0.3) is 0 Å². The van der Waals surface area contributed by atoms with Crippen LogP contribution in [0, 0.1) is 11.8 Å². The average Bonchev–Trinajstić information content (AvgIpc) is 1.90. The van der Waals surface area contributed by atoms with E-state index in [1.807, 2.05) is 0 Å². The van der Waals surface area contributed by atoms with E-state index in [0.717, 1.165) is 26.1 Å². The molecule has 1 aliphatic heterocycles. The van der Waals surface area contributed by atoms with Gasteiger partial charge in [0.2, 0.25) is 0 Å². The van der Waals surface area contributed by atoms with Gasteiger partial charge in [-0.05, 0) is 0 Å². The van der Waals surface area contributed by atoms with Crippen molar-refractivity contribution in [2.24, 2.45) is 0 Å². The van der Waals surface area contributed by atoms with Crippen LogP contribution in [0.2, 0.25) is 0 Å². The molecule has 0 aliphatic carbocycles. The van der Waals surface area contributed by atoms with Gasteiger partial charge in [-0.25, -0.2) is 0 Å². The molecule has 38 valence electrons. The number of rotatable bonds is 0. The van der Waals surface area contributed by atoms with E-state index in [4.69, 9.17) is 4.74 Å². The second kappa shape index (κ2) is 2.65. The highest BCUT2D eigenvalue weighted by atomic mass is 16.5. The van der Waals surface area contributed by atoms with Gasteiger partial charge in [-0.2, -0.15) is 0 Å². The molecule has 0 saturated carbocycles. The van der Waals surface area contributed by atoms with Crippen molar-refractivity contribution in [3.05, 3.63) is 0 Å². The van der Waals surface area contributed by atoms with Gasteiger partial charge in [0, 0.05) is 12.8 Å². The van der Waals surface area contributed by atoms with Crippen LogP contribution in [0.15, 0.2) is 0 Å². The topological polar surface area (TPSA) is 9.23 Å². The first-order valence-corrected chi connectivity index (χ1v) is 2.53. The van der Waals surface area contributed by atoms with E-state index in [0.29, 0.717) is 0 Å². The molecule has 0 amide bonds. The van der Waals surface area contributed by atoms with Crippen molar-refractivity contribution < 1.29 is 4.74 Å². The van der Waals surface area contributed by atoms with Crippen LogP contribution < -0.4 is 0 Å². The molecule has 0 N–H and O–H groups in total. The van der Waals surface area contributed by atoms with Crippen molar-refractivity contribution in [3.63, 3.8) is 0 Å². The molecule has 1 heterocycles. The third-order valence-electron chi connectivity index (χ3n) is 0.868. The summed E-state index contributed by atoms with van der Waals surface area (Å²) < 4.78 is 5.07. The molecule has 0 saturated heterocycles. The lowest BCUT2D eigenvalue weighted by Crippen LogP contribution is -1.90. The predicted molar refractivity (Wildman–Crippen MR) is 27.8 cm³/mol. The minimum atomic E-state index is 0.826. The third-order valence-corrected chi connectivity index (χ3v) is 0.868. The summed E-state index contributed by atoms with van der Waals surface area (Å²) in [7, 11) is 0. The molecular weight excluding hydrogens is 88.1 g/mol. The molecule has 0 spiro atoms. The van der Waals surface area contributed by atoms with Crippen molar-refractivity contribution in [3.8, 4) is 11.8 Å². The Morgan fingerprint density at radius 1 is 1.00 bits per heavy atom. The smallest absolute Gasteiger partial charge is 0.0576 e. The highest BCUT2D eigenvalue weighted by Gasteiger charge is 1.86. The monoisotopic (exact) mass is 96.1 g/mol. The summed E-state index contributed by atoms with van der Waals surface area (Å²) in [6.45, 7) is 1.65. The molecule has 1 heteroatoms. The van der Waals surface area contributed by atoms with E-state index in [1.54, 1.807) is 0 Å². The van der Waals surface area contributed by atoms with Crippen molar-refractivity contribution in [1.82, 2.24) is 0 Å². The maximum absolute atomic E-state index is 5.07. The fraction of sp³-hybridized carbons (Fsp3) is 0.667. The molecule has 0 unspecified atom stereocenters. The summed E-state index contributed by atoms with van der Waals surface area (Å²) in [6, 6.07) is 0. The molecule has 0 atom stereocenters. The normalized spacial score (nSPS) is 19.4. The highest BCUT2D eigenvalue weighted by molar-refractivity contribution is 4.99. The van der Waals surface area contributed by atoms with Crippen molar-refractivity contribution in [2.75, 3.05) is 13.2 Å². The molecule has 0 bridgehead atoms. The van der Waals surface area contributed by atoms with Gasteiger partial charge >= 0.3 is 0 Å². The van der Waals surface area contributed by atoms with E-state index in [2.05, 4.69) is 11.8 Å². The van der Waals surface area contributed by atoms with Crippen LogP contribution in [0.1, 0.15) is 12.8 Å². The molecule has 1 nitrogen and oxygen atoms in total. The first-order chi connectivity index (χ1) is 3.50. The van der Waals surface area contributed by atoms with Gasteiger partial charge in [-0.3, -0.25) is 0 Å². The standard InChI is InChI=1S/C6H8O/c1-2-4-6-7-5-3-1/h3-6H2. The molecule has 1 aliphatic rings. The van der Waals surface area contributed by atoms with Gasteiger partial charge in [0.15, 0.2) is 0 Å². The Morgan fingerprint density at radius 2 is 1.57 bits per heavy atom. The Morgan fingerprint density at radius 3 is 2.14 bits per heavy atom. The van der Waals surface area contributed by atoms with Gasteiger partial charge < -0.3 is 4.74 Å². The zero-order valence-corrected chi connectivity index (χ0v) is 4.24. The van der Waals surface area contributed by atoms with Gasteiger partial charge in [-0.15, -0.1) is 11.8 Å². The summed E-state index contributed by atoms with van der Waals surface area (Å²) in [5, 5.41) is 0. The molecule has 0 aromatic carbocycles. The fourth-order valence-corrected chi connectivity index (χ4v) is 0.525. The minimum Gasteiger partial charge on any atom is -0.379 e. The Kier molecular flexibility index (Phi) is 1.77. The van der Waals surface area contributed by atoms with E-state index in [-0.39, 0.29) is 0 Å². The van der Waals surface area contributed by atoms with E-state index in [1.165, 1.54) is 0 Å². The van der Waals surface area contributed by atoms with Gasteiger partial charge in [0.1, 0.15) is 0 Å². The lowest BCUT2D eigenvalue weighted by Gasteiger charge is -1.91. The molecule has 0 radical (unpaired) electrons. The lowest BCUT2D eigenvalue weighted by molar-refractivity contribution is 0.148. The summed E-state index contributed by atoms with van der Waals surface area (Å²) >= 11 is 0. The molecule has 0 aromatic heterocycles. The van der Waals surface area contributed by atoms with E-state index >= 15 is 0 Å². The Hall–Kier alpha value is -0.480. The van der Waals surface area contributed by atoms with Crippen molar-refractivity contribution in [2.45, 2.75) is 12.8 Å². The van der Waals surface area contributed by atoms with Gasteiger partial charge in [0.25, 0.3) is 0 Å². The van der Waals surface area contributed by atoms with Gasteiger partial charge in [0.05, 0.1) is 13.2 Å². The summed E-state index contributed by atoms with van der Waals surface area (Å²) in [6.07, 6.45) is 1.83. The molecule has 1 rings (SSSR count). The Balaban J connectivity index is 2.26. The zero-order chi connectivity index (χ0) is 4.95. The SMILES string of the molecule is C1#CCCOCC1. The summed E-state index contributed by atoms with van der Waals surface area (Å²) in [4.78, 5) is 0. The van der Waals surface area contributed by atoms with Crippen LogP contribution in [-0.2, 0) is 4.74 Å². The van der Waals surface area contributed by atoms with Crippen LogP contribution in [0.5, 0.6) is 0 Å². The number of hydrogen-bond acceptors (Lipinski definition) is 1. The second-order valence-corrected chi connectivity index (χ2v) is 1.47. The fourth-order valence-electron chi connectivity index (χ4n) is 0.525. The number of hydrogen-bond donors (Lipinski definition) is 0. The maximum atomic E-state index is 5.07. The average molecular weight is 96.1 g/mol. The Bertz CT molecular complexity index is 86.5. The summed E-state index contributed by atoms with van der Waals surface area (Å²) in [5.74, 6) is 5.94. The molecular formula is C6H8O. The van der Waals surface area contributed by atoms with Crippen LogP contribution in [0.4, 0.5) is 0 Å². The third kappa shape index (κ3) is 1.61. The second-order valence-electron chi connectivity index (χ2n) is 1.47. The summed E-state index contributed by atoms with van der Waals surface area (Å²) in [5.41, 5.74) is 0. The first kappa shape index (κ1) is 4.67. The minimum absolute atomic E-state index is 0.826. The zero-order valence-electron chi connectivity index (χ0n) is 4.24. The van der Waals surface area contributed by atoms with Crippen LogP contribution in [-0.4, -0.2) is 13.2 Å². The molecule has 0 aromatic rings. The molecule has 0 fully saturated rings. The van der Waals surface area contributed by atoms with Crippen molar-refractivity contribution >= 4 is 0 Å². The van der Waals surface area contributed by atoms with E-state index < -0.39 is 0 Å². The van der Waals surface area contributed by atoms with Crippen LogP contribution >= 0.6 is 0 Å². The maximum Gasteiger partial charge on any atom is 0.0576 e. The largest absolute Gasteiger partial charge is 0.379 e. The molecule has 7 heavy (non-hydrogen) atoms. The first-order valence-electron chi connectivity index (χ1n) is 2.53. The highest BCUT2D eigenvalue weighted by Crippen LogP contribution is 1.88. The van der Waals surface area contributed by atoms with Gasteiger partial charge in [-0.1, -0.05) is 0 Å². The Labute approximate surface area is 43.7 Å². The van der Waals surface area contributed by atoms with Crippen molar-refractivity contribution in [1.29, 1.82) is 0 Å². The van der Waals surface area contributed by atoms with E-state index in [9.17, 15) is 0 Å². The quantitative estimate of drug-likeness (QED) is 0.405. The predicted octanol–water partition coefficient (Wildman–Crippen LogP) is 0.800. The van der Waals surface area contributed by atoms with Crippen LogP contribution in [0.3, 0.4) is 0 Å². The lowest BCUT2D eigenvalue weighted by atomic mass is 10.4. The number of ether oxygens (including phenoxy) is 1.